The van der Waals surface area contributed by atoms with Gasteiger partial charge in [-0.3, -0.25) is 0 Å². The van der Waals surface area contributed by atoms with Crippen molar-refractivity contribution in [2.24, 2.45) is 0 Å². The van der Waals surface area contributed by atoms with E-state index in [-0.39, 0.29) is 0 Å². The first-order valence-electron chi connectivity index (χ1n) is 16.8. The van der Waals surface area contributed by atoms with E-state index in [9.17, 15) is 0 Å². The van der Waals surface area contributed by atoms with Gasteiger partial charge in [-0.2, -0.15) is 0 Å². The smallest absolute Gasteiger partial charge is 0.160 e. The Balaban J connectivity index is 1.21. The molecule has 10 rings (SSSR count). The standard InChI is InChI=1S/C46H29N3S/c1-3-14-30(15-4-1)40-29-41(48-46(47-40)31-16-5-2-6-17-31)33-19-13-18-32(26-33)38-27-34(28-39-37-22-9-12-25-44(37)50-45(38)39)49-42-23-10-7-20-35(42)36-21-8-11-24-43(36)49/h1-29H. The van der Waals surface area contributed by atoms with Gasteiger partial charge >= 0.3 is 0 Å². The molecule has 0 aliphatic carbocycles. The molecule has 0 unspecified atom stereocenters. The number of fused-ring (bicyclic) bond motifs is 6. The van der Waals surface area contributed by atoms with Gasteiger partial charge in [0.05, 0.1) is 22.4 Å². The zero-order chi connectivity index (χ0) is 33.0. The quantitative estimate of drug-likeness (QED) is 0.185. The van der Waals surface area contributed by atoms with E-state index >= 15 is 0 Å². The largest absolute Gasteiger partial charge is 0.309 e. The maximum absolute atomic E-state index is 5.15. The summed E-state index contributed by atoms with van der Waals surface area (Å²) in [5.41, 5.74) is 10.8. The molecule has 0 amide bonds. The Morgan fingerprint density at radius 1 is 0.400 bits per heavy atom. The van der Waals surface area contributed by atoms with E-state index in [1.54, 1.807) is 0 Å². The fraction of sp³-hybridized carbons (Fsp3) is 0. The third kappa shape index (κ3) is 4.73. The second kappa shape index (κ2) is 11.7. The fourth-order valence-corrected chi connectivity index (χ4v) is 8.49. The van der Waals surface area contributed by atoms with Crippen LogP contribution in [0, 0.1) is 0 Å². The molecule has 7 aromatic carbocycles. The Hall–Kier alpha value is -6.36. The van der Waals surface area contributed by atoms with Crippen molar-refractivity contribution in [3.63, 3.8) is 0 Å². The van der Waals surface area contributed by atoms with Gasteiger partial charge in [0.1, 0.15) is 0 Å². The molecular formula is C46H29N3S. The molecule has 0 fully saturated rings. The third-order valence-electron chi connectivity index (χ3n) is 9.60. The molecule has 3 nitrogen and oxygen atoms in total. The van der Waals surface area contributed by atoms with Crippen molar-refractivity contribution in [2.75, 3.05) is 0 Å². The van der Waals surface area contributed by atoms with Crippen molar-refractivity contribution in [3.05, 3.63) is 176 Å². The topological polar surface area (TPSA) is 30.7 Å². The lowest BCUT2D eigenvalue weighted by Crippen LogP contribution is -1.96. The summed E-state index contributed by atoms with van der Waals surface area (Å²) in [6, 6.07) is 62.5. The lowest BCUT2D eigenvalue weighted by Gasteiger charge is -2.14. The van der Waals surface area contributed by atoms with Crippen LogP contribution in [0.1, 0.15) is 0 Å². The van der Waals surface area contributed by atoms with Gasteiger partial charge < -0.3 is 4.57 Å². The van der Waals surface area contributed by atoms with Gasteiger partial charge in [-0.15, -0.1) is 11.3 Å². The summed E-state index contributed by atoms with van der Waals surface area (Å²) in [5.74, 6) is 0.715. The van der Waals surface area contributed by atoms with Gasteiger partial charge in [0, 0.05) is 58.9 Å². The lowest BCUT2D eigenvalue weighted by atomic mass is 9.98. The van der Waals surface area contributed by atoms with Gasteiger partial charge in [0.2, 0.25) is 0 Å². The maximum atomic E-state index is 5.15. The number of hydrogen-bond acceptors (Lipinski definition) is 3. The summed E-state index contributed by atoms with van der Waals surface area (Å²) in [6.45, 7) is 0. The van der Waals surface area contributed by atoms with Crippen molar-refractivity contribution in [3.8, 4) is 50.7 Å². The van der Waals surface area contributed by atoms with Crippen molar-refractivity contribution in [1.82, 2.24) is 14.5 Å². The minimum atomic E-state index is 0.715. The molecule has 3 aromatic heterocycles. The third-order valence-corrected chi connectivity index (χ3v) is 10.8. The number of aromatic nitrogens is 3. The summed E-state index contributed by atoms with van der Waals surface area (Å²) in [5, 5.41) is 5.07. The normalized spacial score (nSPS) is 11.6. The molecule has 0 saturated carbocycles. The highest BCUT2D eigenvalue weighted by Gasteiger charge is 2.18. The second-order valence-corrected chi connectivity index (χ2v) is 13.7. The van der Waals surface area contributed by atoms with E-state index in [2.05, 4.69) is 156 Å². The summed E-state index contributed by atoms with van der Waals surface area (Å²) < 4.78 is 4.99. The zero-order valence-corrected chi connectivity index (χ0v) is 27.8. The molecule has 50 heavy (non-hydrogen) atoms. The van der Waals surface area contributed by atoms with Gasteiger partial charge in [-0.05, 0) is 48.0 Å². The van der Waals surface area contributed by atoms with Crippen LogP contribution in [0.2, 0.25) is 0 Å². The number of hydrogen-bond donors (Lipinski definition) is 0. The molecular weight excluding hydrogens is 627 g/mol. The average Bonchev–Trinajstić information content (AvgIpc) is 3.74. The molecule has 0 bridgehead atoms. The van der Waals surface area contributed by atoms with Crippen molar-refractivity contribution in [1.29, 1.82) is 0 Å². The van der Waals surface area contributed by atoms with Crippen molar-refractivity contribution in [2.45, 2.75) is 0 Å². The SMILES string of the molecule is c1ccc(-c2cc(-c3cccc(-c4cc(-n5c6ccccc6c6ccccc65)cc5c4sc4ccccc45)c3)nc(-c3ccccc3)n2)cc1. The van der Waals surface area contributed by atoms with Gasteiger partial charge in [-0.1, -0.05) is 133 Å². The van der Waals surface area contributed by atoms with Crippen molar-refractivity contribution < 1.29 is 0 Å². The Labute approximate surface area is 293 Å². The van der Waals surface area contributed by atoms with Crippen LogP contribution in [0.4, 0.5) is 0 Å². The minimum Gasteiger partial charge on any atom is -0.309 e. The molecule has 234 valence electrons. The van der Waals surface area contributed by atoms with Crippen LogP contribution in [0.5, 0.6) is 0 Å². The summed E-state index contributed by atoms with van der Waals surface area (Å²) in [6.07, 6.45) is 0. The number of thiophene rings is 1. The zero-order valence-electron chi connectivity index (χ0n) is 27.0. The molecule has 0 spiro atoms. The summed E-state index contributed by atoms with van der Waals surface area (Å²) in [4.78, 5) is 10.2. The number of para-hydroxylation sites is 2. The Morgan fingerprint density at radius 2 is 0.960 bits per heavy atom. The van der Waals surface area contributed by atoms with E-state index in [4.69, 9.17) is 9.97 Å². The van der Waals surface area contributed by atoms with Crippen LogP contribution in [0.3, 0.4) is 0 Å². The molecule has 0 N–H and O–H groups in total. The molecule has 4 heteroatoms. The second-order valence-electron chi connectivity index (χ2n) is 12.6. The summed E-state index contributed by atoms with van der Waals surface area (Å²) >= 11 is 1.86. The molecule has 0 radical (unpaired) electrons. The average molecular weight is 656 g/mol. The Kier molecular flexibility index (Phi) is 6.68. The van der Waals surface area contributed by atoms with E-state index in [0.29, 0.717) is 5.82 Å². The highest BCUT2D eigenvalue weighted by atomic mass is 32.1. The molecule has 10 aromatic rings. The van der Waals surface area contributed by atoms with E-state index < -0.39 is 0 Å². The predicted octanol–water partition coefficient (Wildman–Crippen LogP) is 12.6. The van der Waals surface area contributed by atoms with E-state index in [0.717, 1.165) is 39.3 Å². The van der Waals surface area contributed by atoms with E-state index in [1.165, 1.54) is 47.5 Å². The highest BCUT2D eigenvalue weighted by molar-refractivity contribution is 7.26. The monoisotopic (exact) mass is 655 g/mol. The van der Waals surface area contributed by atoms with Crippen LogP contribution in [-0.2, 0) is 0 Å². The maximum Gasteiger partial charge on any atom is 0.160 e. The summed E-state index contributed by atoms with van der Waals surface area (Å²) in [7, 11) is 0. The van der Waals surface area contributed by atoms with Crippen molar-refractivity contribution >= 4 is 53.3 Å². The number of benzene rings is 7. The van der Waals surface area contributed by atoms with Crippen LogP contribution in [-0.4, -0.2) is 14.5 Å². The fourth-order valence-electron chi connectivity index (χ4n) is 7.27. The van der Waals surface area contributed by atoms with E-state index in [1.807, 2.05) is 35.6 Å². The lowest BCUT2D eigenvalue weighted by molar-refractivity contribution is 1.18. The van der Waals surface area contributed by atoms with Crippen LogP contribution in [0.25, 0.3) is 92.7 Å². The molecule has 0 atom stereocenters. The van der Waals surface area contributed by atoms with Crippen LogP contribution < -0.4 is 0 Å². The minimum absolute atomic E-state index is 0.715. The highest BCUT2D eigenvalue weighted by Crippen LogP contribution is 2.43. The first-order valence-corrected chi connectivity index (χ1v) is 17.6. The first-order chi connectivity index (χ1) is 24.8. The molecule has 3 heterocycles. The number of rotatable bonds is 5. The molecule has 0 aliphatic rings. The van der Waals surface area contributed by atoms with Gasteiger partial charge in [0.25, 0.3) is 0 Å². The molecule has 0 aliphatic heterocycles. The Morgan fingerprint density at radius 3 is 1.68 bits per heavy atom. The van der Waals surface area contributed by atoms with Gasteiger partial charge in [0.15, 0.2) is 5.82 Å². The number of nitrogens with zero attached hydrogens (tertiary/aromatic N) is 3. The Bertz CT molecular complexity index is 2760. The first kappa shape index (κ1) is 28.6. The van der Waals surface area contributed by atoms with Crippen LogP contribution >= 0.6 is 11.3 Å². The van der Waals surface area contributed by atoms with Gasteiger partial charge in [-0.25, -0.2) is 9.97 Å². The van der Waals surface area contributed by atoms with Crippen LogP contribution in [0.15, 0.2) is 176 Å². The molecule has 0 saturated heterocycles. The predicted molar refractivity (Wildman–Crippen MR) is 211 cm³/mol.